The van der Waals surface area contributed by atoms with E-state index in [-0.39, 0.29) is 6.04 Å². The van der Waals surface area contributed by atoms with Crippen molar-refractivity contribution >= 4 is 17.5 Å². The SMILES string of the molecule is CCN(CC)CCNC(=O)C(=O)NC[C@H](c1cccnc1)N1CCN(c2ccc(OC)cc2)CC1. The molecule has 9 nitrogen and oxygen atoms in total. The van der Waals surface area contributed by atoms with Gasteiger partial charge in [-0.15, -0.1) is 0 Å². The Labute approximate surface area is 208 Å². The van der Waals surface area contributed by atoms with Gasteiger partial charge < -0.3 is 25.2 Å². The summed E-state index contributed by atoms with van der Waals surface area (Å²) in [5, 5.41) is 5.56. The monoisotopic (exact) mass is 482 g/mol. The van der Waals surface area contributed by atoms with Gasteiger partial charge in [0.15, 0.2) is 0 Å². The van der Waals surface area contributed by atoms with Gasteiger partial charge in [-0.25, -0.2) is 0 Å². The Morgan fingerprint density at radius 1 is 1.03 bits per heavy atom. The topological polar surface area (TPSA) is 90.0 Å². The number of amides is 2. The fourth-order valence-corrected chi connectivity index (χ4v) is 4.33. The van der Waals surface area contributed by atoms with Crippen molar-refractivity contribution in [3.63, 3.8) is 0 Å². The molecule has 0 bridgehead atoms. The minimum atomic E-state index is -0.602. The van der Waals surface area contributed by atoms with E-state index in [0.717, 1.165) is 62.8 Å². The number of nitrogens with one attached hydrogen (secondary N) is 2. The molecule has 0 spiro atoms. The van der Waals surface area contributed by atoms with Crippen LogP contribution in [0.3, 0.4) is 0 Å². The van der Waals surface area contributed by atoms with Crippen molar-refractivity contribution in [3.05, 3.63) is 54.4 Å². The standard InChI is InChI=1S/C26H38N6O3/c1-4-30(5-2)14-13-28-25(33)26(34)29-20-24(21-7-6-12-27-19-21)32-17-15-31(16-18-32)22-8-10-23(35-3)11-9-22/h6-12,19,24H,4-5,13-18,20H2,1-3H3,(H,28,33)(H,29,34)/t24-/m1/s1. The molecule has 2 N–H and O–H groups in total. The highest BCUT2D eigenvalue weighted by molar-refractivity contribution is 6.35. The van der Waals surface area contributed by atoms with E-state index in [1.807, 2.05) is 30.5 Å². The number of hydrogen-bond donors (Lipinski definition) is 2. The Kier molecular flexibility index (Phi) is 10.3. The maximum Gasteiger partial charge on any atom is 0.309 e. The molecule has 3 rings (SSSR count). The number of likely N-dealkylation sites (N-methyl/N-ethyl adjacent to an activating group) is 1. The van der Waals surface area contributed by atoms with Gasteiger partial charge in [0.1, 0.15) is 5.75 Å². The molecule has 0 saturated carbocycles. The van der Waals surface area contributed by atoms with Crippen molar-refractivity contribution in [2.24, 2.45) is 0 Å². The summed E-state index contributed by atoms with van der Waals surface area (Å²) in [6.45, 7) is 10.9. The molecule has 1 atom stereocenters. The number of piperazine rings is 1. The van der Waals surface area contributed by atoms with Gasteiger partial charge in [0.2, 0.25) is 0 Å². The van der Waals surface area contributed by atoms with Gasteiger partial charge >= 0.3 is 11.8 Å². The molecule has 1 aliphatic heterocycles. The van der Waals surface area contributed by atoms with Gasteiger partial charge in [0.25, 0.3) is 0 Å². The van der Waals surface area contributed by atoms with Crippen molar-refractivity contribution in [1.29, 1.82) is 0 Å². The lowest BCUT2D eigenvalue weighted by Crippen LogP contribution is -2.51. The molecule has 0 aliphatic carbocycles. The van der Waals surface area contributed by atoms with E-state index >= 15 is 0 Å². The summed E-state index contributed by atoms with van der Waals surface area (Å²) >= 11 is 0. The van der Waals surface area contributed by atoms with Crippen LogP contribution in [0.25, 0.3) is 0 Å². The molecule has 0 radical (unpaired) electrons. The van der Waals surface area contributed by atoms with Crippen molar-refractivity contribution in [2.75, 3.05) is 70.9 Å². The zero-order valence-corrected chi connectivity index (χ0v) is 21.1. The van der Waals surface area contributed by atoms with E-state index in [4.69, 9.17) is 4.74 Å². The van der Waals surface area contributed by atoms with Crippen molar-refractivity contribution in [1.82, 2.24) is 25.4 Å². The third-order valence-electron chi connectivity index (χ3n) is 6.53. The summed E-state index contributed by atoms with van der Waals surface area (Å²) in [6, 6.07) is 12.0. The number of methoxy groups -OCH3 is 1. The summed E-state index contributed by atoms with van der Waals surface area (Å²) in [6.07, 6.45) is 3.57. The van der Waals surface area contributed by atoms with Crippen molar-refractivity contribution in [2.45, 2.75) is 19.9 Å². The van der Waals surface area contributed by atoms with E-state index in [1.165, 1.54) is 0 Å². The first-order valence-electron chi connectivity index (χ1n) is 12.4. The first-order chi connectivity index (χ1) is 17.0. The third-order valence-corrected chi connectivity index (χ3v) is 6.53. The van der Waals surface area contributed by atoms with Crippen molar-refractivity contribution in [3.8, 4) is 5.75 Å². The second-order valence-corrected chi connectivity index (χ2v) is 8.52. The second-order valence-electron chi connectivity index (χ2n) is 8.52. The highest BCUT2D eigenvalue weighted by Gasteiger charge is 2.26. The molecule has 1 saturated heterocycles. The lowest BCUT2D eigenvalue weighted by molar-refractivity contribution is -0.139. The fourth-order valence-electron chi connectivity index (χ4n) is 4.33. The lowest BCUT2D eigenvalue weighted by Gasteiger charge is -2.40. The van der Waals surface area contributed by atoms with Gasteiger partial charge in [-0.2, -0.15) is 0 Å². The Morgan fingerprint density at radius 3 is 2.31 bits per heavy atom. The van der Waals surface area contributed by atoms with Gasteiger partial charge in [-0.05, 0) is 49.0 Å². The zero-order chi connectivity index (χ0) is 25.0. The average Bonchev–Trinajstić information content (AvgIpc) is 2.92. The van der Waals surface area contributed by atoms with Crippen LogP contribution in [0.1, 0.15) is 25.5 Å². The van der Waals surface area contributed by atoms with Crippen LogP contribution in [-0.4, -0.2) is 92.6 Å². The van der Waals surface area contributed by atoms with E-state index in [1.54, 1.807) is 13.3 Å². The number of carbonyl (C=O) groups is 2. The van der Waals surface area contributed by atoms with Crippen LogP contribution in [0.15, 0.2) is 48.8 Å². The van der Waals surface area contributed by atoms with Crippen LogP contribution in [0.4, 0.5) is 5.69 Å². The average molecular weight is 483 g/mol. The molecule has 1 aromatic carbocycles. The molecule has 1 aromatic heterocycles. The summed E-state index contributed by atoms with van der Waals surface area (Å²) < 4.78 is 5.26. The summed E-state index contributed by atoms with van der Waals surface area (Å²) in [7, 11) is 1.67. The molecule has 9 heteroatoms. The Hall–Kier alpha value is -3.17. The lowest BCUT2D eigenvalue weighted by atomic mass is 10.1. The zero-order valence-electron chi connectivity index (χ0n) is 21.1. The number of benzene rings is 1. The molecule has 0 unspecified atom stereocenters. The first-order valence-corrected chi connectivity index (χ1v) is 12.4. The number of aromatic nitrogens is 1. The normalized spacial score (nSPS) is 15.0. The molecule has 35 heavy (non-hydrogen) atoms. The Balaban J connectivity index is 1.55. The fraction of sp³-hybridized carbons (Fsp3) is 0.500. The molecule has 2 aromatic rings. The maximum atomic E-state index is 12.5. The maximum absolute atomic E-state index is 12.5. The summed E-state index contributed by atoms with van der Waals surface area (Å²) in [5.74, 6) is -0.349. The van der Waals surface area contributed by atoms with Crippen LogP contribution in [-0.2, 0) is 9.59 Å². The molecule has 1 fully saturated rings. The minimum Gasteiger partial charge on any atom is -0.497 e. The van der Waals surface area contributed by atoms with E-state index < -0.39 is 11.8 Å². The van der Waals surface area contributed by atoms with Crippen molar-refractivity contribution < 1.29 is 14.3 Å². The molecular weight excluding hydrogens is 444 g/mol. The van der Waals surface area contributed by atoms with E-state index in [0.29, 0.717) is 13.1 Å². The van der Waals surface area contributed by atoms with E-state index in [2.05, 4.69) is 56.3 Å². The number of pyridine rings is 1. The number of ether oxygens (including phenoxy) is 1. The highest BCUT2D eigenvalue weighted by atomic mass is 16.5. The van der Waals surface area contributed by atoms with Gasteiger partial charge in [-0.3, -0.25) is 19.5 Å². The smallest absolute Gasteiger partial charge is 0.309 e. The molecule has 2 amide bonds. The van der Waals surface area contributed by atoms with Crippen LogP contribution < -0.4 is 20.3 Å². The number of rotatable bonds is 11. The minimum absolute atomic E-state index is 0.0610. The molecular formula is C26H38N6O3. The first kappa shape index (κ1) is 26.4. The molecule has 2 heterocycles. The van der Waals surface area contributed by atoms with Crippen LogP contribution in [0.2, 0.25) is 0 Å². The predicted molar refractivity (Wildman–Crippen MR) is 138 cm³/mol. The van der Waals surface area contributed by atoms with Crippen LogP contribution >= 0.6 is 0 Å². The van der Waals surface area contributed by atoms with E-state index in [9.17, 15) is 9.59 Å². The summed E-state index contributed by atoms with van der Waals surface area (Å²) in [4.78, 5) is 35.9. The predicted octanol–water partition coefficient (Wildman–Crippen LogP) is 1.53. The molecule has 1 aliphatic rings. The Bertz CT molecular complexity index is 912. The number of anilines is 1. The highest BCUT2D eigenvalue weighted by Crippen LogP contribution is 2.25. The third kappa shape index (κ3) is 7.66. The summed E-state index contributed by atoms with van der Waals surface area (Å²) in [5.41, 5.74) is 2.19. The van der Waals surface area contributed by atoms with Crippen LogP contribution in [0, 0.1) is 0 Å². The van der Waals surface area contributed by atoms with Gasteiger partial charge in [0.05, 0.1) is 13.2 Å². The number of carbonyl (C=O) groups excluding carboxylic acids is 2. The Morgan fingerprint density at radius 2 is 1.71 bits per heavy atom. The number of nitrogens with zero attached hydrogens (tertiary/aromatic N) is 4. The molecule has 190 valence electrons. The quantitative estimate of drug-likeness (QED) is 0.470. The van der Waals surface area contributed by atoms with Crippen LogP contribution in [0.5, 0.6) is 5.75 Å². The van der Waals surface area contributed by atoms with Gasteiger partial charge in [0, 0.05) is 63.9 Å². The second kappa shape index (κ2) is 13.7. The number of hydrogen-bond acceptors (Lipinski definition) is 7. The largest absolute Gasteiger partial charge is 0.497 e. The van der Waals surface area contributed by atoms with Gasteiger partial charge in [-0.1, -0.05) is 19.9 Å².